The Hall–Kier alpha value is -2.60. The lowest BCUT2D eigenvalue weighted by atomic mass is 9.89. The summed E-state index contributed by atoms with van der Waals surface area (Å²) in [6, 6.07) is 7.72. The van der Waals surface area contributed by atoms with Crippen molar-refractivity contribution in [1.29, 1.82) is 0 Å². The maximum absolute atomic E-state index is 11.6. The fourth-order valence-electron chi connectivity index (χ4n) is 3.92. The number of carboxylic acid groups (broad SMARTS) is 1. The molecule has 1 aromatic heterocycles. The first-order chi connectivity index (χ1) is 13.1. The van der Waals surface area contributed by atoms with Gasteiger partial charge < -0.3 is 14.6 Å². The SMILES string of the molecule is COc1cccc(C(c2ccncc2C)N2CCCC(C(=O)O)C2)c1OC. The quantitative estimate of drug-likeness (QED) is 0.841. The number of benzene rings is 1. The van der Waals surface area contributed by atoms with Gasteiger partial charge in [-0.1, -0.05) is 12.1 Å². The molecule has 2 atom stereocenters. The topological polar surface area (TPSA) is 71.9 Å². The number of para-hydroxylation sites is 1. The number of piperidine rings is 1. The van der Waals surface area contributed by atoms with Crippen LogP contribution < -0.4 is 9.47 Å². The number of likely N-dealkylation sites (tertiary alicyclic amines) is 1. The van der Waals surface area contributed by atoms with E-state index in [1.54, 1.807) is 20.4 Å². The molecule has 2 unspecified atom stereocenters. The third-order valence-corrected chi connectivity index (χ3v) is 5.25. The molecule has 1 N–H and O–H groups in total. The lowest BCUT2D eigenvalue weighted by molar-refractivity contribution is -0.143. The minimum absolute atomic E-state index is 0.125. The Labute approximate surface area is 159 Å². The maximum Gasteiger partial charge on any atom is 0.307 e. The van der Waals surface area contributed by atoms with Gasteiger partial charge in [-0.05, 0) is 49.6 Å². The molecule has 2 aromatic rings. The van der Waals surface area contributed by atoms with E-state index >= 15 is 0 Å². The van der Waals surface area contributed by atoms with Gasteiger partial charge in [0, 0.05) is 24.5 Å². The first kappa shape index (κ1) is 19.2. The highest BCUT2D eigenvalue weighted by atomic mass is 16.5. The highest BCUT2D eigenvalue weighted by Gasteiger charge is 2.33. The van der Waals surface area contributed by atoms with Crippen LogP contribution in [0.4, 0.5) is 0 Å². The second-order valence-electron chi connectivity index (χ2n) is 6.89. The zero-order valence-electron chi connectivity index (χ0n) is 16.0. The fraction of sp³-hybridized carbons (Fsp3) is 0.429. The van der Waals surface area contributed by atoms with E-state index in [-0.39, 0.29) is 12.0 Å². The molecule has 1 aliphatic heterocycles. The minimum Gasteiger partial charge on any atom is -0.493 e. The molecule has 2 heterocycles. The number of carboxylic acids is 1. The van der Waals surface area contributed by atoms with Crippen LogP contribution in [-0.4, -0.2) is 48.3 Å². The molecule has 6 nitrogen and oxygen atoms in total. The van der Waals surface area contributed by atoms with Crippen molar-refractivity contribution in [2.75, 3.05) is 27.3 Å². The number of ether oxygens (including phenoxy) is 2. The zero-order valence-corrected chi connectivity index (χ0v) is 16.0. The average Bonchev–Trinajstić information content (AvgIpc) is 2.69. The molecule has 0 aliphatic carbocycles. The summed E-state index contributed by atoms with van der Waals surface area (Å²) in [6.07, 6.45) is 5.18. The monoisotopic (exact) mass is 370 g/mol. The molecule has 1 saturated heterocycles. The van der Waals surface area contributed by atoms with Crippen molar-refractivity contribution in [2.24, 2.45) is 5.92 Å². The van der Waals surface area contributed by atoms with Crippen LogP contribution in [-0.2, 0) is 4.79 Å². The van der Waals surface area contributed by atoms with Crippen LogP contribution in [0, 0.1) is 12.8 Å². The first-order valence-electron chi connectivity index (χ1n) is 9.15. The molecular weight excluding hydrogens is 344 g/mol. The van der Waals surface area contributed by atoms with E-state index in [4.69, 9.17) is 9.47 Å². The van der Waals surface area contributed by atoms with Gasteiger partial charge in [-0.3, -0.25) is 14.7 Å². The van der Waals surface area contributed by atoms with Crippen molar-refractivity contribution in [3.05, 3.63) is 53.3 Å². The third-order valence-electron chi connectivity index (χ3n) is 5.25. The highest BCUT2D eigenvalue weighted by molar-refractivity contribution is 5.70. The lowest BCUT2D eigenvalue weighted by Crippen LogP contribution is -2.41. The third kappa shape index (κ3) is 3.90. The standard InChI is InChI=1S/C21H26N2O4/c1-14-12-22-10-9-16(14)19(23-11-5-6-15(13-23)21(24)25)17-7-4-8-18(26-2)20(17)27-3/h4,7-10,12,15,19H,5-6,11,13H2,1-3H3,(H,24,25). The van der Waals surface area contributed by atoms with Gasteiger partial charge in [-0.2, -0.15) is 0 Å². The van der Waals surface area contributed by atoms with Crippen LogP contribution in [0.2, 0.25) is 0 Å². The largest absolute Gasteiger partial charge is 0.493 e. The van der Waals surface area contributed by atoms with E-state index in [1.165, 1.54) is 0 Å². The average molecular weight is 370 g/mol. The molecule has 3 rings (SSSR count). The molecule has 1 fully saturated rings. The first-order valence-corrected chi connectivity index (χ1v) is 9.15. The Bertz CT molecular complexity index is 809. The summed E-state index contributed by atoms with van der Waals surface area (Å²) < 4.78 is 11.2. The van der Waals surface area contributed by atoms with E-state index in [1.807, 2.05) is 37.4 Å². The van der Waals surface area contributed by atoms with Crippen LogP contribution in [0.3, 0.4) is 0 Å². The molecular formula is C21H26N2O4. The van der Waals surface area contributed by atoms with Gasteiger partial charge in [0.05, 0.1) is 26.2 Å². The lowest BCUT2D eigenvalue weighted by Gasteiger charge is -2.38. The van der Waals surface area contributed by atoms with Crippen molar-refractivity contribution in [3.8, 4) is 11.5 Å². The van der Waals surface area contributed by atoms with Crippen LogP contribution in [0.25, 0.3) is 0 Å². The summed E-state index contributed by atoms with van der Waals surface area (Å²) in [7, 11) is 3.25. The molecule has 1 aromatic carbocycles. The number of hydrogen-bond donors (Lipinski definition) is 1. The van der Waals surface area contributed by atoms with E-state index in [9.17, 15) is 9.90 Å². The summed E-state index contributed by atoms with van der Waals surface area (Å²) >= 11 is 0. The highest BCUT2D eigenvalue weighted by Crippen LogP contribution is 2.42. The molecule has 1 aliphatic rings. The van der Waals surface area contributed by atoms with Gasteiger partial charge in [-0.15, -0.1) is 0 Å². The maximum atomic E-state index is 11.6. The van der Waals surface area contributed by atoms with E-state index in [0.717, 1.165) is 29.7 Å². The predicted octanol–water partition coefficient (Wildman–Crippen LogP) is 3.29. The summed E-state index contributed by atoms with van der Waals surface area (Å²) in [5.74, 6) is 0.250. The van der Waals surface area contributed by atoms with Crippen molar-refractivity contribution in [2.45, 2.75) is 25.8 Å². The van der Waals surface area contributed by atoms with Gasteiger partial charge in [0.1, 0.15) is 0 Å². The van der Waals surface area contributed by atoms with E-state index in [0.29, 0.717) is 24.5 Å². The summed E-state index contributed by atoms with van der Waals surface area (Å²) in [6.45, 7) is 3.36. The van der Waals surface area contributed by atoms with Crippen molar-refractivity contribution >= 4 is 5.97 Å². The van der Waals surface area contributed by atoms with Gasteiger partial charge in [0.15, 0.2) is 11.5 Å². The fourth-order valence-corrected chi connectivity index (χ4v) is 3.92. The Morgan fingerprint density at radius 2 is 2.07 bits per heavy atom. The van der Waals surface area contributed by atoms with E-state index in [2.05, 4.69) is 9.88 Å². The number of aromatic nitrogens is 1. The molecule has 144 valence electrons. The smallest absolute Gasteiger partial charge is 0.307 e. The van der Waals surface area contributed by atoms with Crippen LogP contribution >= 0.6 is 0 Å². The van der Waals surface area contributed by atoms with Crippen LogP contribution in [0.5, 0.6) is 11.5 Å². The number of nitrogens with zero attached hydrogens (tertiary/aromatic N) is 2. The summed E-state index contributed by atoms with van der Waals surface area (Å²) in [5, 5.41) is 9.54. The van der Waals surface area contributed by atoms with Crippen LogP contribution in [0.15, 0.2) is 36.7 Å². The zero-order chi connectivity index (χ0) is 19.4. The second-order valence-corrected chi connectivity index (χ2v) is 6.89. The predicted molar refractivity (Wildman–Crippen MR) is 102 cm³/mol. The second kappa shape index (κ2) is 8.39. The van der Waals surface area contributed by atoms with Crippen molar-refractivity contribution < 1.29 is 19.4 Å². The molecule has 27 heavy (non-hydrogen) atoms. The molecule has 0 saturated carbocycles. The summed E-state index contributed by atoms with van der Waals surface area (Å²) in [5.41, 5.74) is 3.13. The Kier molecular flexibility index (Phi) is 5.96. The number of pyridine rings is 1. The van der Waals surface area contributed by atoms with Gasteiger partial charge in [-0.25, -0.2) is 0 Å². The number of aryl methyl sites for hydroxylation is 1. The normalized spacial score (nSPS) is 18.7. The Morgan fingerprint density at radius 1 is 1.26 bits per heavy atom. The molecule has 0 radical (unpaired) electrons. The number of carbonyl (C=O) groups is 1. The van der Waals surface area contributed by atoms with Gasteiger partial charge in [0.2, 0.25) is 0 Å². The number of methoxy groups -OCH3 is 2. The molecule has 0 spiro atoms. The Balaban J connectivity index is 2.12. The molecule has 0 bridgehead atoms. The summed E-state index contributed by atoms with van der Waals surface area (Å²) in [4.78, 5) is 18.1. The number of aliphatic carboxylic acids is 1. The van der Waals surface area contributed by atoms with Crippen molar-refractivity contribution in [1.82, 2.24) is 9.88 Å². The van der Waals surface area contributed by atoms with E-state index < -0.39 is 5.97 Å². The Morgan fingerprint density at radius 3 is 2.74 bits per heavy atom. The number of hydrogen-bond acceptors (Lipinski definition) is 5. The number of rotatable bonds is 6. The molecule has 6 heteroatoms. The minimum atomic E-state index is -0.734. The van der Waals surface area contributed by atoms with Gasteiger partial charge >= 0.3 is 5.97 Å². The van der Waals surface area contributed by atoms with Gasteiger partial charge in [0.25, 0.3) is 0 Å². The molecule has 0 amide bonds. The van der Waals surface area contributed by atoms with Crippen LogP contribution in [0.1, 0.15) is 35.6 Å². The van der Waals surface area contributed by atoms with Crippen molar-refractivity contribution in [3.63, 3.8) is 0 Å².